The van der Waals surface area contributed by atoms with Crippen LogP contribution < -0.4 is 0 Å². The van der Waals surface area contributed by atoms with Gasteiger partial charge in [0.15, 0.2) is 0 Å². The van der Waals surface area contributed by atoms with E-state index < -0.39 is 5.41 Å². The highest BCUT2D eigenvalue weighted by Crippen LogP contribution is 2.56. The molecule has 0 unspecified atom stereocenters. The fourth-order valence-electron chi connectivity index (χ4n) is 6.16. The summed E-state index contributed by atoms with van der Waals surface area (Å²) in [5, 5.41) is 0.748. The van der Waals surface area contributed by atoms with Gasteiger partial charge in [-0.1, -0.05) is 139 Å². The highest BCUT2D eigenvalue weighted by Gasteiger charge is 2.46. The number of hydrogen-bond acceptors (Lipinski definition) is 0. The molecule has 180 valence electrons. The molecule has 0 bridgehead atoms. The van der Waals surface area contributed by atoms with Crippen LogP contribution in [0.1, 0.15) is 22.3 Å². The Morgan fingerprint density at radius 1 is 0.368 bits per heavy atom. The Morgan fingerprint density at radius 3 is 1.37 bits per heavy atom. The Labute approximate surface area is 228 Å². The summed E-state index contributed by atoms with van der Waals surface area (Å²) in [5.74, 6) is 0. The lowest BCUT2D eigenvalue weighted by atomic mass is 9.67. The third-order valence-corrected chi connectivity index (χ3v) is 8.08. The molecule has 0 amide bonds. The summed E-state index contributed by atoms with van der Waals surface area (Å²) >= 11 is 6.21. The number of fused-ring (bicyclic) bond motifs is 3. The summed E-state index contributed by atoms with van der Waals surface area (Å²) in [4.78, 5) is 0. The predicted molar refractivity (Wildman–Crippen MR) is 160 cm³/mol. The predicted octanol–water partition coefficient (Wildman–Crippen LogP) is 10.0. The van der Waals surface area contributed by atoms with Gasteiger partial charge in [0.2, 0.25) is 0 Å². The van der Waals surface area contributed by atoms with Gasteiger partial charge in [0, 0.05) is 5.02 Å². The highest BCUT2D eigenvalue weighted by atomic mass is 35.5. The van der Waals surface area contributed by atoms with E-state index in [4.69, 9.17) is 11.6 Å². The quantitative estimate of drug-likeness (QED) is 0.223. The van der Waals surface area contributed by atoms with E-state index >= 15 is 0 Å². The lowest BCUT2D eigenvalue weighted by molar-refractivity contribution is 0.769. The van der Waals surface area contributed by atoms with E-state index in [-0.39, 0.29) is 0 Å². The van der Waals surface area contributed by atoms with Crippen LogP contribution in [-0.4, -0.2) is 0 Å². The summed E-state index contributed by atoms with van der Waals surface area (Å²) in [6.45, 7) is 0. The molecule has 6 aromatic carbocycles. The SMILES string of the molecule is Clc1ccc(-c2cccc(C3(c4cccc(-c5ccccc5)c4)c4ccccc4-c4ccccc43)c2)cc1. The fourth-order valence-corrected chi connectivity index (χ4v) is 6.29. The first-order valence-corrected chi connectivity index (χ1v) is 13.3. The van der Waals surface area contributed by atoms with Gasteiger partial charge >= 0.3 is 0 Å². The van der Waals surface area contributed by atoms with Crippen molar-refractivity contribution in [3.63, 3.8) is 0 Å². The van der Waals surface area contributed by atoms with E-state index in [1.54, 1.807) is 0 Å². The van der Waals surface area contributed by atoms with Gasteiger partial charge in [0.25, 0.3) is 0 Å². The third-order valence-electron chi connectivity index (χ3n) is 7.83. The van der Waals surface area contributed by atoms with Crippen molar-refractivity contribution in [3.8, 4) is 33.4 Å². The average Bonchev–Trinajstić information content (AvgIpc) is 3.29. The van der Waals surface area contributed by atoms with Gasteiger partial charge in [-0.05, 0) is 79.9 Å². The van der Waals surface area contributed by atoms with Crippen LogP contribution in [0.15, 0.2) is 152 Å². The van der Waals surface area contributed by atoms with Crippen LogP contribution in [0.3, 0.4) is 0 Å². The van der Waals surface area contributed by atoms with Crippen molar-refractivity contribution in [3.05, 3.63) is 179 Å². The molecule has 1 heteroatoms. The largest absolute Gasteiger partial charge is 0.0843 e. The Kier molecular flexibility index (Phi) is 5.50. The standard InChI is InChI=1S/C37H25Cl/c38-32-22-20-27(21-23-32)29-13-9-15-31(25-29)37(30-14-8-12-28(24-30)26-10-2-1-3-11-26)35-18-6-4-16-33(35)34-17-5-7-19-36(34)37/h1-25H. The van der Waals surface area contributed by atoms with Crippen LogP contribution in [0.25, 0.3) is 33.4 Å². The van der Waals surface area contributed by atoms with Crippen molar-refractivity contribution < 1.29 is 0 Å². The van der Waals surface area contributed by atoms with Crippen molar-refractivity contribution in [2.45, 2.75) is 5.41 Å². The summed E-state index contributed by atoms with van der Waals surface area (Å²) in [6.07, 6.45) is 0. The van der Waals surface area contributed by atoms with Gasteiger partial charge in [0.1, 0.15) is 0 Å². The van der Waals surface area contributed by atoms with Gasteiger partial charge in [-0.15, -0.1) is 0 Å². The first-order chi connectivity index (χ1) is 18.7. The Hall–Kier alpha value is -4.39. The molecule has 0 saturated heterocycles. The molecule has 0 aliphatic heterocycles. The van der Waals surface area contributed by atoms with Crippen LogP contribution >= 0.6 is 11.6 Å². The molecule has 7 rings (SSSR count). The second kappa shape index (κ2) is 9.17. The molecule has 0 N–H and O–H groups in total. The zero-order chi connectivity index (χ0) is 25.5. The van der Waals surface area contributed by atoms with E-state index in [1.807, 2.05) is 12.1 Å². The molecule has 38 heavy (non-hydrogen) atoms. The van der Waals surface area contributed by atoms with E-state index in [0.717, 1.165) is 10.6 Å². The smallest absolute Gasteiger partial charge is 0.0713 e. The monoisotopic (exact) mass is 504 g/mol. The van der Waals surface area contributed by atoms with Crippen molar-refractivity contribution in [2.24, 2.45) is 0 Å². The summed E-state index contributed by atoms with van der Waals surface area (Å²) in [5.41, 5.74) is 12.1. The first kappa shape index (κ1) is 22.8. The summed E-state index contributed by atoms with van der Waals surface area (Å²) < 4.78 is 0. The zero-order valence-electron chi connectivity index (χ0n) is 20.8. The minimum Gasteiger partial charge on any atom is -0.0843 e. The highest BCUT2D eigenvalue weighted by molar-refractivity contribution is 6.30. The number of hydrogen-bond donors (Lipinski definition) is 0. The minimum absolute atomic E-state index is 0.444. The molecule has 0 fully saturated rings. The number of benzene rings is 6. The van der Waals surface area contributed by atoms with Crippen LogP contribution in [0.5, 0.6) is 0 Å². The van der Waals surface area contributed by atoms with Gasteiger partial charge < -0.3 is 0 Å². The van der Waals surface area contributed by atoms with Gasteiger partial charge in [-0.2, -0.15) is 0 Å². The van der Waals surface area contributed by atoms with Gasteiger partial charge in [-0.3, -0.25) is 0 Å². The normalized spacial score (nSPS) is 13.1. The van der Waals surface area contributed by atoms with E-state index in [0.29, 0.717) is 0 Å². The average molecular weight is 505 g/mol. The maximum atomic E-state index is 6.21. The Balaban J connectivity index is 1.54. The fraction of sp³-hybridized carbons (Fsp3) is 0.0270. The van der Waals surface area contributed by atoms with Crippen molar-refractivity contribution in [1.82, 2.24) is 0 Å². The second-order valence-corrected chi connectivity index (χ2v) is 10.3. The Morgan fingerprint density at radius 2 is 0.816 bits per heavy atom. The third kappa shape index (κ3) is 3.53. The van der Waals surface area contributed by atoms with Gasteiger partial charge in [-0.25, -0.2) is 0 Å². The van der Waals surface area contributed by atoms with Crippen LogP contribution in [0.4, 0.5) is 0 Å². The maximum Gasteiger partial charge on any atom is 0.0713 e. The molecule has 0 aromatic heterocycles. The van der Waals surface area contributed by atoms with E-state index in [2.05, 4.69) is 140 Å². The summed E-state index contributed by atoms with van der Waals surface area (Å²) in [7, 11) is 0. The van der Waals surface area contributed by atoms with Crippen LogP contribution in [0.2, 0.25) is 5.02 Å². The molecule has 1 aliphatic carbocycles. The Bertz CT molecular complexity index is 1720. The number of halogens is 1. The molecule has 6 aromatic rings. The molecule has 0 saturated carbocycles. The van der Waals surface area contributed by atoms with Crippen LogP contribution in [0, 0.1) is 0 Å². The molecular weight excluding hydrogens is 480 g/mol. The lowest BCUT2D eigenvalue weighted by Crippen LogP contribution is -2.28. The van der Waals surface area contributed by atoms with Gasteiger partial charge in [0.05, 0.1) is 5.41 Å². The first-order valence-electron chi connectivity index (χ1n) is 13.0. The second-order valence-electron chi connectivity index (χ2n) is 9.88. The maximum absolute atomic E-state index is 6.21. The van der Waals surface area contributed by atoms with E-state index in [1.165, 1.54) is 50.1 Å². The van der Waals surface area contributed by atoms with Crippen LogP contribution in [-0.2, 0) is 5.41 Å². The van der Waals surface area contributed by atoms with Crippen molar-refractivity contribution in [2.75, 3.05) is 0 Å². The molecule has 0 atom stereocenters. The zero-order valence-corrected chi connectivity index (χ0v) is 21.6. The lowest BCUT2D eigenvalue weighted by Gasteiger charge is -2.34. The molecule has 0 radical (unpaired) electrons. The topological polar surface area (TPSA) is 0 Å². The molecule has 1 aliphatic rings. The molecular formula is C37H25Cl. The molecule has 0 spiro atoms. The number of rotatable bonds is 4. The van der Waals surface area contributed by atoms with Crippen molar-refractivity contribution >= 4 is 11.6 Å². The van der Waals surface area contributed by atoms with Crippen molar-refractivity contribution in [1.29, 1.82) is 0 Å². The summed E-state index contributed by atoms with van der Waals surface area (Å²) in [6, 6.07) is 54.6. The van der Waals surface area contributed by atoms with E-state index in [9.17, 15) is 0 Å². The minimum atomic E-state index is -0.444. The molecule has 0 heterocycles. The molecule has 0 nitrogen and oxygen atoms in total.